The van der Waals surface area contributed by atoms with Gasteiger partial charge in [-0.1, -0.05) is 48.2 Å². The van der Waals surface area contributed by atoms with Crippen molar-refractivity contribution in [2.24, 2.45) is 0 Å². The van der Waals surface area contributed by atoms with Gasteiger partial charge in [-0.3, -0.25) is 9.59 Å². The zero-order valence-electron chi connectivity index (χ0n) is 12.9. The molecule has 0 bridgehead atoms. The zero-order chi connectivity index (χ0) is 17.8. The third-order valence-electron chi connectivity index (χ3n) is 3.33. The van der Waals surface area contributed by atoms with E-state index >= 15 is 0 Å². The Bertz CT molecular complexity index is 858. The lowest BCUT2D eigenvalue weighted by Gasteiger charge is -2.07. The quantitative estimate of drug-likeness (QED) is 0.618. The standard InChI is InChI=1S/C18H13NO4S2/c20-16(21)10-12-3-7-14(8-4-12)23-13-5-1-11(2-6-13)9-15-17(22)19-18(24)25-15/h1-9H,10H2,(H,20,21)(H,19,22,24)/b15-9+. The first-order chi connectivity index (χ1) is 12.0. The molecule has 3 rings (SSSR count). The van der Waals surface area contributed by atoms with Crippen LogP contribution < -0.4 is 10.1 Å². The maximum absolute atomic E-state index is 11.6. The molecule has 1 fully saturated rings. The van der Waals surface area contributed by atoms with Gasteiger partial charge >= 0.3 is 5.97 Å². The third-order valence-corrected chi connectivity index (χ3v) is 4.50. The van der Waals surface area contributed by atoms with E-state index in [1.807, 2.05) is 12.1 Å². The predicted molar refractivity (Wildman–Crippen MR) is 101 cm³/mol. The molecule has 0 saturated carbocycles. The van der Waals surface area contributed by atoms with Crippen molar-refractivity contribution < 1.29 is 19.4 Å². The molecule has 0 atom stereocenters. The van der Waals surface area contributed by atoms with E-state index in [1.54, 1.807) is 42.5 Å². The number of carboxylic acid groups (broad SMARTS) is 1. The lowest BCUT2D eigenvalue weighted by molar-refractivity contribution is -0.136. The van der Waals surface area contributed by atoms with Gasteiger partial charge in [-0.25, -0.2) is 0 Å². The van der Waals surface area contributed by atoms with Gasteiger partial charge in [0.15, 0.2) is 0 Å². The molecule has 126 valence electrons. The molecule has 0 aromatic heterocycles. The number of ether oxygens (including phenoxy) is 1. The normalized spacial score (nSPS) is 15.3. The van der Waals surface area contributed by atoms with Gasteiger partial charge in [-0.05, 0) is 41.5 Å². The average Bonchev–Trinajstić information content (AvgIpc) is 2.88. The van der Waals surface area contributed by atoms with Gasteiger partial charge in [0.1, 0.15) is 15.8 Å². The summed E-state index contributed by atoms with van der Waals surface area (Å²) < 4.78 is 6.19. The van der Waals surface area contributed by atoms with Crippen molar-refractivity contribution in [2.45, 2.75) is 6.42 Å². The smallest absolute Gasteiger partial charge is 0.307 e. The summed E-state index contributed by atoms with van der Waals surface area (Å²) in [5.74, 6) is 0.216. The molecule has 0 spiro atoms. The number of hydrogen-bond donors (Lipinski definition) is 2. The summed E-state index contributed by atoms with van der Waals surface area (Å²) in [6.45, 7) is 0. The summed E-state index contributed by atoms with van der Waals surface area (Å²) in [6.07, 6.45) is 1.75. The van der Waals surface area contributed by atoms with Crippen LogP contribution in [0.4, 0.5) is 0 Å². The van der Waals surface area contributed by atoms with Crippen molar-refractivity contribution in [3.63, 3.8) is 0 Å². The van der Waals surface area contributed by atoms with Crippen LogP contribution in [0.15, 0.2) is 53.4 Å². The number of amides is 1. The molecule has 0 aliphatic carbocycles. The Morgan fingerprint density at radius 2 is 1.72 bits per heavy atom. The lowest BCUT2D eigenvalue weighted by atomic mass is 10.1. The number of rotatable bonds is 5. The number of aliphatic carboxylic acids is 1. The Hall–Kier alpha value is -2.64. The Morgan fingerprint density at radius 3 is 2.24 bits per heavy atom. The highest BCUT2D eigenvalue weighted by atomic mass is 32.2. The van der Waals surface area contributed by atoms with Crippen LogP contribution in [0, 0.1) is 0 Å². The number of thioether (sulfide) groups is 1. The molecule has 7 heteroatoms. The molecule has 2 aromatic rings. The van der Waals surface area contributed by atoms with E-state index in [0.717, 1.165) is 5.56 Å². The zero-order valence-corrected chi connectivity index (χ0v) is 14.5. The summed E-state index contributed by atoms with van der Waals surface area (Å²) in [6, 6.07) is 14.2. The van der Waals surface area contributed by atoms with E-state index in [1.165, 1.54) is 11.8 Å². The highest BCUT2D eigenvalue weighted by molar-refractivity contribution is 8.26. The van der Waals surface area contributed by atoms with Crippen LogP contribution in [0.1, 0.15) is 11.1 Å². The molecule has 1 aliphatic rings. The lowest BCUT2D eigenvalue weighted by Crippen LogP contribution is -2.17. The van der Waals surface area contributed by atoms with Crippen LogP contribution in [0.3, 0.4) is 0 Å². The van der Waals surface area contributed by atoms with Crippen molar-refractivity contribution in [1.29, 1.82) is 0 Å². The number of nitrogens with one attached hydrogen (secondary N) is 1. The molecule has 2 aromatic carbocycles. The van der Waals surface area contributed by atoms with E-state index < -0.39 is 5.97 Å². The van der Waals surface area contributed by atoms with Gasteiger partial charge in [0.25, 0.3) is 5.91 Å². The highest BCUT2D eigenvalue weighted by Gasteiger charge is 2.21. The van der Waals surface area contributed by atoms with Crippen LogP contribution in [0.25, 0.3) is 6.08 Å². The molecule has 0 unspecified atom stereocenters. The molecule has 1 saturated heterocycles. The maximum Gasteiger partial charge on any atom is 0.307 e. The van der Waals surface area contributed by atoms with Gasteiger partial charge in [0.05, 0.1) is 11.3 Å². The second-order valence-electron chi connectivity index (χ2n) is 5.24. The Balaban J connectivity index is 1.66. The number of thiocarbonyl (C=S) groups is 1. The van der Waals surface area contributed by atoms with Crippen LogP contribution in [-0.2, 0) is 16.0 Å². The van der Waals surface area contributed by atoms with Crippen LogP contribution in [-0.4, -0.2) is 21.3 Å². The Labute approximate surface area is 153 Å². The van der Waals surface area contributed by atoms with Crippen LogP contribution in [0.2, 0.25) is 0 Å². The number of benzene rings is 2. The summed E-state index contributed by atoms with van der Waals surface area (Å²) in [7, 11) is 0. The predicted octanol–water partition coefficient (Wildman–Crippen LogP) is 3.59. The first-order valence-corrected chi connectivity index (χ1v) is 8.55. The minimum atomic E-state index is -0.867. The molecule has 2 N–H and O–H groups in total. The number of carbonyl (C=O) groups excluding carboxylic acids is 1. The first kappa shape index (κ1) is 17.2. The number of carbonyl (C=O) groups is 2. The fourth-order valence-electron chi connectivity index (χ4n) is 2.19. The van der Waals surface area contributed by atoms with Gasteiger partial charge in [0, 0.05) is 0 Å². The monoisotopic (exact) mass is 371 g/mol. The molecule has 5 nitrogen and oxygen atoms in total. The first-order valence-electron chi connectivity index (χ1n) is 7.33. The number of carboxylic acids is 1. The van der Waals surface area contributed by atoms with Crippen LogP contribution in [0.5, 0.6) is 11.5 Å². The van der Waals surface area contributed by atoms with Crippen LogP contribution >= 0.6 is 24.0 Å². The van der Waals surface area contributed by atoms with E-state index in [-0.39, 0.29) is 12.3 Å². The van der Waals surface area contributed by atoms with Gasteiger partial charge in [-0.15, -0.1) is 0 Å². The Kier molecular flexibility index (Phi) is 5.16. The largest absolute Gasteiger partial charge is 0.481 e. The van der Waals surface area contributed by atoms with Crippen molar-refractivity contribution >= 4 is 46.3 Å². The van der Waals surface area contributed by atoms with Crippen molar-refractivity contribution in [2.75, 3.05) is 0 Å². The van der Waals surface area contributed by atoms with E-state index in [4.69, 9.17) is 22.1 Å². The second kappa shape index (κ2) is 7.50. The van der Waals surface area contributed by atoms with Crippen molar-refractivity contribution in [3.8, 4) is 11.5 Å². The SMILES string of the molecule is O=C(O)Cc1ccc(Oc2ccc(/C=C3/SC(=S)NC3=O)cc2)cc1. The maximum atomic E-state index is 11.6. The fraction of sp³-hybridized carbons (Fsp3) is 0.0556. The summed E-state index contributed by atoms with van der Waals surface area (Å²) in [5, 5.41) is 11.3. The van der Waals surface area contributed by atoms with E-state index in [2.05, 4.69) is 5.32 Å². The van der Waals surface area contributed by atoms with Gasteiger partial charge in [0.2, 0.25) is 0 Å². The summed E-state index contributed by atoms with van der Waals surface area (Å²) in [4.78, 5) is 22.9. The fourth-order valence-corrected chi connectivity index (χ4v) is 3.23. The minimum Gasteiger partial charge on any atom is -0.481 e. The molecular weight excluding hydrogens is 358 g/mol. The topological polar surface area (TPSA) is 75.6 Å². The second-order valence-corrected chi connectivity index (χ2v) is 6.96. The molecule has 1 amide bonds. The average molecular weight is 371 g/mol. The Morgan fingerprint density at radius 1 is 1.12 bits per heavy atom. The summed E-state index contributed by atoms with van der Waals surface area (Å²) in [5.41, 5.74) is 1.58. The molecule has 0 radical (unpaired) electrons. The van der Waals surface area contributed by atoms with E-state index in [0.29, 0.717) is 26.3 Å². The van der Waals surface area contributed by atoms with Crippen molar-refractivity contribution in [3.05, 3.63) is 64.6 Å². The van der Waals surface area contributed by atoms with Gasteiger partial charge in [-0.2, -0.15) is 0 Å². The molecule has 1 heterocycles. The highest BCUT2D eigenvalue weighted by Crippen LogP contribution is 2.27. The van der Waals surface area contributed by atoms with Crippen molar-refractivity contribution in [1.82, 2.24) is 5.32 Å². The molecule has 1 aliphatic heterocycles. The minimum absolute atomic E-state index is 0.0152. The molecule has 25 heavy (non-hydrogen) atoms. The van der Waals surface area contributed by atoms with E-state index in [9.17, 15) is 9.59 Å². The van der Waals surface area contributed by atoms with Gasteiger partial charge < -0.3 is 15.2 Å². The third kappa shape index (κ3) is 4.68. The summed E-state index contributed by atoms with van der Waals surface area (Å²) >= 11 is 6.19. The number of hydrogen-bond acceptors (Lipinski definition) is 5. The molecular formula is C18H13NO4S2.